The molecule has 1 aliphatic heterocycles. The number of aliphatic hydroxyl groups is 1. The van der Waals surface area contributed by atoms with Gasteiger partial charge in [-0.1, -0.05) is 52.9 Å². The highest BCUT2D eigenvalue weighted by atomic mass is 79.9. The van der Waals surface area contributed by atoms with Crippen LogP contribution in [0.3, 0.4) is 0 Å². The number of aliphatic hydroxyl groups excluding tert-OH is 1. The van der Waals surface area contributed by atoms with Crippen LogP contribution in [0.15, 0.2) is 47.0 Å². The Morgan fingerprint density at radius 3 is 2.58 bits per heavy atom. The Balaban J connectivity index is 1.59. The van der Waals surface area contributed by atoms with E-state index < -0.39 is 0 Å². The standard InChI is InChI=1S/C20H23BrN2O/c1-2-20(24)16-6-9-19(10-7-16)23-14-12-22(13-15-23)18-5-3-4-17(21)8-11-18/h4,6-11,18,20,24H,2,12-15H2,1H3. The predicted molar refractivity (Wildman–Crippen MR) is 103 cm³/mol. The average molecular weight is 387 g/mol. The summed E-state index contributed by atoms with van der Waals surface area (Å²) in [5.41, 5.74) is 2.23. The molecular formula is C20H23BrN2O. The summed E-state index contributed by atoms with van der Waals surface area (Å²) in [6, 6.07) is 8.52. The van der Waals surface area contributed by atoms with E-state index in [1.165, 1.54) is 5.69 Å². The molecule has 1 saturated heterocycles. The molecule has 0 bridgehead atoms. The Bertz CT molecular complexity index is 676. The summed E-state index contributed by atoms with van der Waals surface area (Å²) in [6.07, 6.45) is 6.53. The van der Waals surface area contributed by atoms with Gasteiger partial charge in [-0.05, 0) is 30.2 Å². The van der Waals surface area contributed by atoms with E-state index >= 15 is 0 Å². The van der Waals surface area contributed by atoms with Crippen molar-refractivity contribution in [2.24, 2.45) is 0 Å². The predicted octanol–water partition coefficient (Wildman–Crippen LogP) is 3.47. The number of hydrogen-bond donors (Lipinski definition) is 1. The van der Waals surface area contributed by atoms with Crippen LogP contribution in [0.2, 0.25) is 0 Å². The molecule has 4 heteroatoms. The third-order valence-corrected chi connectivity index (χ3v) is 5.11. The van der Waals surface area contributed by atoms with Gasteiger partial charge in [0.25, 0.3) is 0 Å². The first-order valence-electron chi connectivity index (χ1n) is 8.49. The summed E-state index contributed by atoms with van der Waals surface area (Å²) >= 11 is 3.48. The first-order valence-corrected chi connectivity index (χ1v) is 9.28. The van der Waals surface area contributed by atoms with Crippen LogP contribution in [0.4, 0.5) is 5.69 Å². The zero-order valence-electron chi connectivity index (χ0n) is 14.0. The van der Waals surface area contributed by atoms with Crippen molar-refractivity contribution >= 4 is 21.6 Å². The molecule has 2 aliphatic rings. The Kier molecular flexibility index (Phi) is 5.78. The Labute approximate surface area is 152 Å². The van der Waals surface area contributed by atoms with Crippen molar-refractivity contribution in [1.29, 1.82) is 0 Å². The fourth-order valence-corrected chi connectivity index (χ4v) is 3.36. The van der Waals surface area contributed by atoms with Gasteiger partial charge in [0.05, 0.1) is 12.1 Å². The molecule has 0 spiro atoms. The highest BCUT2D eigenvalue weighted by Crippen LogP contribution is 2.22. The second-order valence-corrected chi connectivity index (χ2v) is 7.08. The molecule has 1 aromatic carbocycles. The minimum atomic E-state index is -0.357. The van der Waals surface area contributed by atoms with Gasteiger partial charge in [-0.15, -0.1) is 0 Å². The van der Waals surface area contributed by atoms with Crippen LogP contribution in [0, 0.1) is 11.8 Å². The maximum atomic E-state index is 9.90. The quantitative estimate of drug-likeness (QED) is 0.802. The second kappa shape index (κ2) is 8.02. The summed E-state index contributed by atoms with van der Waals surface area (Å²) in [6.45, 7) is 5.99. The summed E-state index contributed by atoms with van der Waals surface area (Å²) in [4.78, 5) is 4.83. The van der Waals surface area contributed by atoms with Crippen LogP contribution in [-0.2, 0) is 0 Å². The number of nitrogens with zero attached hydrogens (tertiary/aromatic N) is 2. The first-order chi connectivity index (χ1) is 11.7. The van der Waals surface area contributed by atoms with E-state index in [2.05, 4.69) is 61.9 Å². The van der Waals surface area contributed by atoms with E-state index in [0.29, 0.717) is 0 Å². The van der Waals surface area contributed by atoms with Crippen molar-refractivity contribution in [3.8, 4) is 11.8 Å². The van der Waals surface area contributed by atoms with Gasteiger partial charge >= 0.3 is 0 Å². The summed E-state index contributed by atoms with van der Waals surface area (Å²) in [5, 5.41) is 9.90. The first kappa shape index (κ1) is 17.3. The van der Waals surface area contributed by atoms with Crippen molar-refractivity contribution in [2.75, 3.05) is 31.1 Å². The smallest absolute Gasteiger partial charge is 0.0908 e. The van der Waals surface area contributed by atoms with Crippen LogP contribution in [-0.4, -0.2) is 42.2 Å². The molecular weight excluding hydrogens is 364 g/mol. The maximum absolute atomic E-state index is 9.90. The molecule has 3 nitrogen and oxygen atoms in total. The number of rotatable bonds is 4. The highest BCUT2D eigenvalue weighted by molar-refractivity contribution is 9.11. The summed E-state index contributed by atoms with van der Waals surface area (Å²) in [5.74, 6) is 6.41. The average Bonchev–Trinajstić information content (AvgIpc) is 2.86. The van der Waals surface area contributed by atoms with Crippen molar-refractivity contribution in [3.63, 3.8) is 0 Å². The lowest BCUT2D eigenvalue weighted by Crippen LogP contribution is -2.49. The van der Waals surface area contributed by atoms with Gasteiger partial charge in [-0.2, -0.15) is 0 Å². The van der Waals surface area contributed by atoms with Crippen LogP contribution in [0.1, 0.15) is 25.0 Å². The van der Waals surface area contributed by atoms with Gasteiger partial charge in [0.15, 0.2) is 0 Å². The van der Waals surface area contributed by atoms with Gasteiger partial charge in [-0.3, -0.25) is 4.90 Å². The molecule has 126 valence electrons. The Morgan fingerprint density at radius 2 is 1.92 bits per heavy atom. The van der Waals surface area contributed by atoms with E-state index in [-0.39, 0.29) is 12.1 Å². The minimum Gasteiger partial charge on any atom is -0.388 e. The Hall–Kier alpha value is -1.54. The monoisotopic (exact) mass is 386 g/mol. The minimum absolute atomic E-state index is 0.195. The lowest BCUT2D eigenvalue weighted by atomic mass is 10.1. The molecule has 24 heavy (non-hydrogen) atoms. The number of allylic oxidation sites excluding steroid dienone is 3. The molecule has 0 aromatic heterocycles. The van der Waals surface area contributed by atoms with Crippen molar-refractivity contribution < 1.29 is 5.11 Å². The van der Waals surface area contributed by atoms with Crippen LogP contribution in [0.25, 0.3) is 0 Å². The molecule has 1 heterocycles. The van der Waals surface area contributed by atoms with Gasteiger partial charge < -0.3 is 10.0 Å². The van der Waals surface area contributed by atoms with E-state index in [0.717, 1.165) is 42.6 Å². The SMILES string of the molecule is CCC(O)c1ccc(N2CCN(C3C#CC=C(Br)C=C3)CC2)cc1. The summed E-state index contributed by atoms with van der Waals surface area (Å²) in [7, 11) is 0. The van der Waals surface area contributed by atoms with Crippen LogP contribution in [0.5, 0.6) is 0 Å². The van der Waals surface area contributed by atoms with Crippen molar-refractivity contribution in [1.82, 2.24) is 4.90 Å². The molecule has 1 aromatic rings. The molecule has 1 aliphatic carbocycles. The molecule has 1 N–H and O–H groups in total. The van der Waals surface area contributed by atoms with Gasteiger partial charge in [0.2, 0.25) is 0 Å². The number of anilines is 1. The molecule has 0 radical (unpaired) electrons. The topological polar surface area (TPSA) is 26.7 Å². The van der Waals surface area contributed by atoms with E-state index in [9.17, 15) is 5.11 Å². The lowest BCUT2D eigenvalue weighted by Gasteiger charge is -2.38. The number of benzene rings is 1. The second-order valence-electron chi connectivity index (χ2n) is 6.16. The largest absolute Gasteiger partial charge is 0.388 e. The van der Waals surface area contributed by atoms with Gasteiger partial charge in [0, 0.05) is 42.4 Å². The molecule has 1 fully saturated rings. The van der Waals surface area contributed by atoms with Gasteiger partial charge in [-0.25, -0.2) is 0 Å². The molecule has 0 saturated carbocycles. The van der Waals surface area contributed by atoms with Crippen LogP contribution < -0.4 is 4.90 Å². The molecule has 3 rings (SSSR count). The van der Waals surface area contributed by atoms with Crippen molar-refractivity contribution in [3.05, 3.63) is 52.5 Å². The lowest BCUT2D eigenvalue weighted by molar-refractivity contribution is 0.173. The molecule has 0 amide bonds. The molecule has 2 atom stereocenters. The zero-order chi connectivity index (χ0) is 16.9. The Morgan fingerprint density at radius 1 is 1.21 bits per heavy atom. The normalized spacial score (nSPS) is 22.4. The third-order valence-electron chi connectivity index (χ3n) is 4.62. The highest BCUT2D eigenvalue weighted by Gasteiger charge is 2.21. The van der Waals surface area contributed by atoms with Gasteiger partial charge in [0.1, 0.15) is 0 Å². The van der Waals surface area contributed by atoms with E-state index in [1.807, 2.05) is 25.1 Å². The van der Waals surface area contributed by atoms with E-state index in [1.54, 1.807) is 0 Å². The summed E-state index contributed by atoms with van der Waals surface area (Å²) < 4.78 is 1.03. The maximum Gasteiger partial charge on any atom is 0.0908 e. The fourth-order valence-electron chi connectivity index (χ4n) is 3.09. The van der Waals surface area contributed by atoms with E-state index in [4.69, 9.17) is 0 Å². The molecule has 2 unspecified atom stereocenters. The number of hydrogen-bond acceptors (Lipinski definition) is 3. The number of halogens is 1. The van der Waals surface area contributed by atoms with Crippen LogP contribution >= 0.6 is 15.9 Å². The fraction of sp³-hybridized carbons (Fsp3) is 0.400. The zero-order valence-corrected chi connectivity index (χ0v) is 15.5. The van der Waals surface area contributed by atoms with Crippen molar-refractivity contribution in [2.45, 2.75) is 25.5 Å². The number of piperazine rings is 1. The third kappa shape index (κ3) is 4.10.